The Balaban J connectivity index is 1.31. The van der Waals surface area contributed by atoms with Crippen molar-refractivity contribution in [1.29, 1.82) is 0 Å². The molecule has 12 rings (SSSR count). The Hall–Kier alpha value is -6.78. The van der Waals surface area contributed by atoms with Crippen molar-refractivity contribution in [2.24, 2.45) is 0 Å². The van der Waals surface area contributed by atoms with Crippen molar-refractivity contribution in [3.8, 4) is 17.2 Å². The summed E-state index contributed by atoms with van der Waals surface area (Å²) < 4.78 is 4.80. The van der Waals surface area contributed by atoms with Crippen molar-refractivity contribution in [2.75, 3.05) is 0 Å². The fourth-order valence-electron chi connectivity index (χ4n) is 8.69. The smallest absolute Gasteiger partial charge is 0.235 e. The van der Waals surface area contributed by atoms with E-state index in [0.29, 0.717) is 5.95 Å². The van der Waals surface area contributed by atoms with E-state index in [0.717, 1.165) is 38.6 Å². The quantitative estimate of drug-likeness (QED) is 0.177. The van der Waals surface area contributed by atoms with Crippen molar-refractivity contribution in [1.82, 2.24) is 18.9 Å². The fourth-order valence-corrected chi connectivity index (χ4v) is 8.69. The van der Waals surface area contributed by atoms with Gasteiger partial charge in [0, 0.05) is 43.3 Å². The van der Waals surface area contributed by atoms with Crippen LogP contribution in [-0.2, 0) is 0 Å². The van der Waals surface area contributed by atoms with E-state index < -0.39 is 0 Å². The predicted octanol–water partition coefficient (Wildman–Crippen LogP) is 11.9. The van der Waals surface area contributed by atoms with Gasteiger partial charge in [0.25, 0.3) is 0 Å². The summed E-state index contributed by atoms with van der Waals surface area (Å²) in [6.45, 7) is 0. The van der Waals surface area contributed by atoms with Crippen LogP contribution in [0.1, 0.15) is 0 Å². The van der Waals surface area contributed by atoms with E-state index in [2.05, 4.69) is 167 Å². The Morgan fingerprint density at radius 1 is 0.380 bits per heavy atom. The van der Waals surface area contributed by atoms with E-state index in [-0.39, 0.29) is 0 Å². The fraction of sp³-hybridized carbons (Fsp3) is 0. The number of rotatable bonds is 2. The molecule has 0 saturated heterocycles. The van der Waals surface area contributed by atoms with Gasteiger partial charge in [-0.2, -0.15) is 0 Å². The minimum absolute atomic E-state index is 0.672. The molecule has 4 heterocycles. The van der Waals surface area contributed by atoms with Crippen molar-refractivity contribution >= 4 is 92.3 Å². The lowest BCUT2D eigenvalue weighted by atomic mass is 10.0. The first-order chi connectivity index (χ1) is 24.8. The van der Waals surface area contributed by atoms with Crippen LogP contribution in [0.25, 0.3) is 110 Å². The Bertz CT molecular complexity index is 3370. The van der Waals surface area contributed by atoms with Crippen LogP contribution in [0.3, 0.4) is 0 Å². The van der Waals surface area contributed by atoms with Crippen LogP contribution in [0, 0.1) is 0 Å². The second-order valence-corrected chi connectivity index (χ2v) is 13.4. The molecule has 0 bridgehead atoms. The van der Waals surface area contributed by atoms with Crippen LogP contribution >= 0.6 is 0 Å². The maximum Gasteiger partial charge on any atom is 0.235 e. The molecule has 0 atom stereocenters. The maximum atomic E-state index is 5.52. The molecule has 0 radical (unpaired) electrons. The summed E-state index contributed by atoms with van der Waals surface area (Å²) in [6.07, 6.45) is 0. The first-order valence-electron chi connectivity index (χ1n) is 17.1. The molecule has 0 saturated carbocycles. The van der Waals surface area contributed by atoms with Crippen molar-refractivity contribution < 1.29 is 0 Å². The van der Waals surface area contributed by atoms with E-state index in [1.807, 2.05) is 0 Å². The Kier molecular flexibility index (Phi) is 4.94. The highest BCUT2D eigenvalue weighted by molar-refractivity contribution is 6.34. The van der Waals surface area contributed by atoms with Crippen LogP contribution in [0.4, 0.5) is 0 Å². The third-order valence-electron chi connectivity index (χ3n) is 10.8. The molecule has 12 aromatic rings. The number of para-hydroxylation sites is 2. The topological polar surface area (TPSA) is 35.1 Å². The molecule has 0 aliphatic rings. The monoisotopic (exact) mass is 634 g/mol. The number of aromatic nitrogens is 4. The predicted molar refractivity (Wildman–Crippen MR) is 209 cm³/mol. The van der Waals surface area contributed by atoms with Crippen LogP contribution in [0.2, 0.25) is 0 Å². The molecular formula is C46H26N4. The lowest BCUT2D eigenvalue weighted by Crippen LogP contribution is -2.04. The highest BCUT2D eigenvalue weighted by Gasteiger charge is 2.26. The van der Waals surface area contributed by atoms with Gasteiger partial charge in [-0.05, 0) is 57.9 Å². The SMILES string of the molecule is c1ccc(-c2nc(-n3c4ccccc4c4cc5c6cc7ccccc7cc6n6c7ccccc7c(c43)c56)nc3ccc4ccccc4c23)cc1. The highest BCUT2D eigenvalue weighted by Crippen LogP contribution is 2.47. The standard InChI is InChI=1S/C46H26N4/c1-2-13-28(14-3-1)43-41-31-17-7-6-12-27(31)22-23-37(41)47-46(48-43)50-38-20-10-8-18-32(38)35-26-36-34-24-29-15-4-5-16-30(29)25-40(34)49-39-21-11-9-19-33(39)42(44(36)49)45(35)50/h1-26H. The molecule has 0 aliphatic heterocycles. The van der Waals surface area contributed by atoms with Crippen molar-refractivity contribution in [3.63, 3.8) is 0 Å². The van der Waals surface area contributed by atoms with Gasteiger partial charge in [-0.25, -0.2) is 9.97 Å². The van der Waals surface area contributed by atoms with E-state index in [4.69, 9.17) is 9.97 Å². The van der Waals surface area contributed by atoms with Crippen LogP contribution < -0.4 is 0 Å². The Morgan fingerprint density at radius 3 is 1.88 bits per heavy atom. The first-order valence-corrected chi connectivity index (χ1v) is 17.1. The summed E-state index contributed by atoms with van der Waals surface area (Å²) >= 11 is 0. The summed E-state index contributed by atoms with van der Waals surface area (Å²) in [5, 5.41) is 13.3. The summed E-state index contributed by atoms with van der Waals surface area (Å²) in [5.74, 6) is 0.672. The highest BCUT2D eigenvalue weighted by atomic mass is 15.2. The van der Waals surface area contributed by atoms with Gasteiger partial charge in [0.2, 0.25) is 5.95 Å². The lowest BCUT2D eigenvalue weighted by Gasteiger charge is -2.14. The largest absolute Gasteiger partial charge is 0.308 e. The second-order valence-electron chi connectivity index (χ2n) is 13.4. The maximum absolute atomic E-state index is 5.52. The molecule has 0 amide bonds. The zero-order valence-corrected chi connectivity index (χ0v) is 26.8. The van der Waals surface area contributed by atoms with Crippen LogP contribution in [0.15, 0.2) is 158 Å². The third-order valence-corrected chi connectivity index (χ3v) is 10.8. The van der Waals surface area contributed by atoms with E-state index in [1.165, 1.54) is 65.0 Å². The minimum Gasteiger partial charge on any atom is -0.308 e. The van der Waals surface area contributed by atoms with Gasteiger partial charge in [0.15, 0.2) is 0 Å². The zero-order chi connectivity index (χ0) is 32.5. The number of nitrogens with zero attached hydrogens (tertiary/aromatic N) is 4. The van der Waals surface area contributed by atoms with Gasteiger partial charge in [-0.15, -0.1) is 0 Å². The van der Waals surface area contributed by atoms with Crippen LogP contribution in [-0.4, -0.2) is 18.9 Å². The molecule has 0 spiro atoms. The van der Waals surface area contributed by atoms with E-state index in [9.17, 15) is 0 Å². The Labute approximate surface area is 285 Å². The molecule has 4 aromatic heterocycles. The van der Waals surface area contributed by atoms with Gasteiger partial charge in [0.05, 0.1) is 38.8 Å². The normalized spacial score (nSPS) is 12.4. The lowest BCUT2D eigenvalue weighted by molar-refractivity contribution is 1.02. The van der Waals surface area contributed by atoms with Crippen molar-refractivity contribution in [2.45, 2.75) is 0 Å². The van der Waals surface area contributed by atoms with Gasteiger partial charge < -0.3 is 4.40 Å². The van der Waals surface area contributed by atoms with Gasteiger partial charge in [0.1, 0.15) is 0 Å². The zero-order valence-electron chi connectivity index (χ0n) is 26.8. The number of benzene rings is 8. The molecule has 4 heteroatoms. The summed E-state index contributed by atoms with van der Waals surface area (Å²) in [5.41, 5.74) is 8.84. The first kappa shape index (κ1) is 26.2. The Morgan fingerprint density at radius 2 is 1.04 bits per heavy atom. The molecule has 50 heavy (non-hydrogen) atoms. The molecule has 0 aliphatic carbocycles. The molecular weight excluding hydrogens is 609 g/mol. The average Bonchev–Trinajstić information content (AvgIpc) is 3.81. The molecule has 230 valence electrons. The minimum atomic E-state index is 0.672. The van der Waals surface area contributed by atoms with E-state index >= 15 is 0 Å². The summed E-state index contributed by atoms with van der Waals surface area (Å²) in [6, 6.07) is 56.8. The average molecular weight is 635 g/mol. The molecule has 8 aromatic carbocycles. The molecule has 4 nitrogen and oxygen atoms in total. The molecule has 0 fully saturated rings. The van der Waals surface area contributed by atoms with Crippen molar-refractivity contribution in [3.05, 3.63) is 158 Å². The number of fused-ring (bicyclic) bond motifs is 14. The molecule has 0 unspecified atom stereocenters. The third kappa shape index (κ3) is 3.30. The van der Waals surface area contributed by atoms with Crippen LogP contribution in [0.5, 0.6) is 0 Å². The summed E-state index contributed by atoms with van der Waals surface area (Å²) in [4.78, 5) is 10.9. The van der Waals surface area contributed by atoms with Gasteiger partial charge in [-0.1, -0.05) is 121 Å². The number of hydrogen-bond acceptors (Lipinski definition) is 2. The molecule has 0 N–H and O–H groups in total. The van der Waals surface area contributed by atoms with Gasteiger partial charge >= 0.3 is 0 Å². The number of hydrogen-bond donors (Lipinski definition) is 0. The van der Waals surface area contributed by atoms with Gasteiger partial charge in [-0.3, -0.25) is 4.57 Å². The second kappa shape index (κ2) is 9.43. The van der Waals surface area contributed by atoms with E-state index in [1.54, 1.807) is 0 Å². The summed E-state index contributed by atoms with van der Waals surface area (Å²) in [7, 11) is 0.